The molecule has 0 aliphatic carbocycles. The highest BCUT2D eigenvalue weighted by Gasteiger charge is 2.07. The third-order valence-corrected chi connectivity index (χ3v) is 3.09. The van der Waals surface area contributed by atoms with Crippen LogP contribution in [0.4, 0.5) is 5.69 Å². The van der Waals surface area contributed by atoms with Gasteiger partial charge >= 0.3 is 11.9 Å². The van der Waals surface area contributed by atoms with Crippen LogP contribution < -0.4 is 9.47 Å². The van der Waals surface area contributed by atoms with Gasteiger partial charge in [0.15, 0.2) is 11.5 Å². The fourth-order valence-electron chi connectivity index (χ4n) is 1.95. The largest absolute Gasteiger partial charge is 0.493 e. The summed E-state index contributed by atoms with van der Waals surface area (Å²) in [5.41, 5.74) is 1.93. The molecular formula is C18H17NO5. The molecule has 0 fully saturated rings. The number of carbonyl (C=O) groups is 2. The van der Waals surface area contributed by atoms with Crippen LogP contribution in [0.15, 0.2) is 47.5 Å². The fourth-order valence-corrected chi connectivity index (χ4v) is 1.95. The van der Waals surface area contributed by atoms with Gasteiger partial charge < -0.3 is 14.2 Å². The Kier molecular flexibility index (Phi) is 5.68. The molecule has 24 heavy (non-hydrogen) atoms. The number of nitrogens with zero attached hydrogens (tertiary/aromatic N) is 1. The Morgan fingerprint density at radius 1 is 1.00 bits per heavy atom. The van der Waals surface area contributed by atoms with Gasteiger partial charge in [0.05, 0.1) is 25.5 Å². The second-order valence-electron chi connectivity index (χ2n) is 4.80. The summed E-state index contributed by atoms with van der Waals surface area (Å²) in [5, 5.41) is 0. The topological polar surface area (TPSA) is 74.2 Å². The van der Waals surface area contributed by atoms with Crippen molar-refractivity contribution in [2.75, 3.05) is 14.2 Å². The summed E-state index contributed by atoms with van der Waals surface area (Å²) < 4.78 is 14.9. The molecule has 2 aromatic carbocycles. The maximum Gasteiger partial charge on any atom is 0.337 e. The Morgan fingerprint density at radius 2 is 1.71 bits per heavy atom. The zero-order chi connectivity index (χ0) is 17.5. The van der Waals surface area contributed by atoms with Crippen LogP contribution in [0.3, 0.4) is 0 Å². The van der Waals surface area contributed by atoms with E-state index in [1.807, 2.05) is 0 Å². The van der Waals surface area contributed by atoms with Crippen LogP contribution in [-0.4, -0.2) is 32.4 Å². The van der Waals surface area contributed by atoms with Crippen LogP contribution in [-0.2, 0) is 9.53 Å². The molecule has 0 radical (unpaired) electrons. The standard InChI is InChI=1S/C18H17NO5/c1-12(20)24-16-9-4-13(10-17(16)22-2)11-19-15-7-5-14(6-8-15)18(21)23-3/h4-11H,1-3H3. The molecule has 0 aliphatic rings. The van der Waals surface area contributed by atoms with Crippen molar-refractivity contribution in [3.8, 4) is 11.5 Å². The van der Waals surface area contributed by atoms with E-state index in [9.17, 15) is 9.59 Å². The lowest BCUT2D eigenvalue weighted by atomic mass is 10.2. The van der Waals surface area contributed by atoms with E-state index >= 15 is 0 Å². The van der Waals surface area contributed by atoms with Crippen LogP contribution in [0.25, 0.3) is 0 Å². The Labute approximate surface area is 139 Å². The maximum atomic E-state index is 11.4. The van der Waals surface area contributed by atoms with Gasteiger partial charge in [-0.05, 0) is 48.0 Å². The van der Waals surface area contributed by atoms with Crippen molar-refractivity contribution in [2.45, 2.75) is 6.92 Å². The zero-order valence-corrected chi connectivity index (χ0v) is 13.6. The first-order valence-corrected chi connectivity index (χ1v) is 7.12. The molecule has 2 aromatic rings. The minimum absolute atomic E-state index is 0.351. The Hall–Kier alpha value is -3.15. The first kappa shape index (κ1) is 17.2. The molecule has 0 aromatic heterocycles. The van der Waals surface area contributed by atoms with Gasteiger partial charge in [-0.15, -0.1) is 0 Å². The molecule has 0 spiro atoms. The van der Waals surface area contributed by atoms with E-state index in [2.05, 4.69) is 9.73 Å². The van der Waals surface area contributed by atoms with Crippen molar-refractivity contribution in [2.24, 2.45) is 4.99 Å². The molecule has 6 heteroatoms. The third-order valence-electron chi connectivity index (χ3n) is 3.09. The normalized spacial score (nSPS) is 10.5. The Morgan fingerprint density at radius 3 is 2.29 bits per heavy atom. The maximum absolute atomic E-state index is 11.4. The molecule has 0 N–H and O–H groups in total. The van der Waals surface area contributed by atoms with Crippen LogP contribution in [0.5, 0.6) is 11.5 Å². The highest BCUT2D eigenvalue weighted by molar-refractivity contribution is 5.90. The fraction of sp³-hybridized carbons (Fsp3) is 0.167. The predicted molar refractivity (Wildman–Crippen MR) is 89.3 cm³/mol. The number of ether oxygens (including phenoxy) is 3. The SMILES string of the molecule is COC(=O)c1ccc(N=Cc2ccc(OC(C)=O)c(OC)c2)cc1. The Balaban J connectivity index is 2.16. The van der Waals surface area contributed by atoms with Gasteiger partial charge in [-0.25, -0.2) is 4.79 Å². The summed E-state index contributed by atoms with van der Waals surface area (Å²) in [7, 11) is 2.83. The molecule has 0 amide bonds. The highest BCUT2D eigenvalue weighted by atomic mass is 16.6. The monoisotopic (exact) mass is 327 g/mol. The van der Waals surface area contributed by atoms with E-state index in [0.717, 1.165) is 5.56 Å². The number of esters is 2. The lowest BCUT2D eigenvalue weighted by Gasteiger charge is -2.08. The van der Waals surface area contributed by atoms with Crippen molar-refractivity contribution < 1.29 is 23.8 Å². The second kappa shape index (κ2) is 7.92. The van der Waals surface area contributed by atoms with Crippen LogP contribution >= 0.6 is 0 Å². The predicted octanol–water partition coefficient (Wildman–Crippen LogP) is 3.16. The van der Waals surface area contributed by atoms with Crippen LogP contribution in [0.2, 0.25) is 0 Å². The molecule has 0 saturated heterocycles. The van der Waals surface area contributed by atoms with Crippen molar-refractivity contribution in [3.05, 3.63) is 53.6 Å². The number of aliphatic imine (C=N–C) groups is 1. The smallest absolute Gasteiger partial charge is 0.337 e. The van der Waals surface area contributed by atoms with Gasteiger partial charge in [-0.1, -0.05) is 0 Å². The van der Waals surface area contributed by atoms with E-state index in [0.29, 0.717) is 22.7 Å². The average molecular weight is 327 g/mol. The molecule has 0 saturated carbocycles. The average Bonchev–Trinajstić information content (AvgIpc) is 2.60. The minimum atomic E-state index is -0.416. The van der Waals surface area contributed by atoms with E-state index < -0.39 is 11.9 Å². The molecule has 0 aliphatic heterocycles. The highest BCUT2D eigenvalue weighted by Crippen LogP contribution is 2.28. The molecule has 0 unspecified atom stereocenters. The first-order valence-electron chi connectivity index (χ1n) is 7.12. The van der Waals surface area contributed by atoms with E-state index in [4.69, 9.17) is 9.47 Å². The van der Waals surface area contributed by atoms with Crippen LogP contribution in [0, 0.1) is 0 Å². The minimum Gasteiger partial charge on any atom is -0.493 e. The summed E-state index contributed by atoms with van der Waals surface area (Å²) in [6.45, 7) is 1.33. The lowest BCUT2D eigenvalue weighted by Crippen LogP contribution is -2.03. The summed E-state index contributed by atoms with van der Waals surface area (Å²) in [5.74, 6) is -0.0171. The molecule has 2 rings (SSSR count). The first-order chi connectivity index (χ1) is 11.5. The number of hydrogen-bond acceptors (Lipinski definition) is 6. The lowest BCUT2D eigenvalue weighted by molar-refractivity contribution is -0.132. The molecule has 6 nitrogen and oxygen atoms in total. The summed E-state index contributed by atoms with van der Waals surface area (Å²) in [6.07, 6.45) is 1.65. The van der Waals surface area contributed by atoms with Crippen molar-refractivity contribution in [3.63, 3.8) is 0 Å². The van der Waals surface area contributed by atoms with E-state index in [-0.39, 0.29) is 0 Å². The molecule has 0 atom stereocenters. The molecule has 124 valence electrons. The van der Waals surface area contributed by atoms with E-state index in [1.165, 1.54) is 21.1 Å². The van der Waals surface area contributed by atoms with Crippen molar-refractivity contribution in [1.29, 1.82) is 0 Å². The van der Waals surface area contributed by atoms with Gasteiger partial charge in [0.1, 0.15) is 0 Å². The Bertz CT molecular complexity index is 765. The van der Waals surface area contributed by atoms with Gasteiger partial charge in [-0.3, -0.25) is 9.79 Å². The third kappa shape index (κ3) is 4.42. The van der Waals surface area contributed by atoms with Gasteiger partial charge in [0.25, 0.3) is 0 Å². The molecular weight excluding hydrogens is 310 g/mol. The summed E-state index contributed by atoms with van der Waals surface area (Å²) >= 11 is 0. The van der Waals surface area contributed by atoms with Crippen molar-refractivity contribution >= 4 is 23.8 Å². The van der Waals surface area contributed by atoms with Crippen molar-refractivity contribution in [1.82, 2.24) is 0 Å². The molecule has 0 heterocycles. The van der Waals surface area contributed by atoms with Gasteiger partial charge in [0.2, 0.25) is 0 Å². The zero-order valence-electron chi connectivity index (χ0n) is 13.6. The number of carbonyl (C=O) groups excluding carboxylic acids is 2. The number of methoxy groups -OCH3 is 2. The van der Waals surface area contributed by atoms with Crippen LogP contribution in [0.1, 0.15) is 22.8 Å². The van der Waals surface area contributed by atoms with Gasteiger partial charge in [-0.2, -0.15) is 0 Å². The number of hydrogen-bond donors (Lipinski definition) is 0. The van der Waals surface area contributed by atoms with E-state index in [1.54, 1.807) is 48.7 Å². The second-order valence-corrected chi connectivity index (χ2v) is 4.80. The summed E-state index contributed by atoms with van der Waals surface area (Å²) in [6, 6.07) is 11.8. The molecule has 0 bridgehead atoms. The summed E-state index contributed by atoms with van der Waals surface area (Å²) in [4.78, 5) is 26.7. The van der Waals surface area contributed by atoms with Gasteiger partial charge in [0, 0.05) is 13.1 Å². The quantitative estimate of drug-likeness (QED) is 0.479. The number of benzene rings is 2. The number of rotatable bonds is 5.